The molecule has 13 heteroatoms. The van der Waals surface area contributed by atoms with Crippen molar-refractivity contribution in [1.82, 2.24) is 19.7 Å². The molecule has 3 heterocycles. The third kappa shape index (κ3) is 4.75. The summed E-state index contributed by atoms with van der Waals surface area (Å²) in [4.78, 5) is 44.2. The van der Waals surface area contributed by atoms with Gasteiger partial charge in [-0.3, -0.25) is 24.7 Å². The molecule has 180 valence electrons. The van der Waals surface area contributed by atoms with E-state index >= 15 is 0 Å². The molecule has 0 spiro atoms. The number of carbonyl (C=O) groups is 1. The van der Waals surface area contributed by atoms with E-state index in [4.69, 9.17) is 9.47 Å². The number of aromatic amines is 1. The van der Waals surface area contributed by atoms with Crippen LogP contribution in [0.1, 0.15) is 23.0 Å². The van der Waals surface area contributed by atoms with E-state index in [0.717, 1.165) is 10.9 Å². The van der Waals surface area contributed by atoms with Gasteiger partial charge in [-0.15, -0.1) is 11.3 Å². The zero-order valence-electron chi connectivity index (χ0n) is 18.9. The summed E-state index contributed by atoms with van der Waals surface area (Å²) in [7, 11) is 2.70. The maximum Gasteiger partial charge on any atom is 0.286 e. The van der Waals surface area contributed by atoms with Crippen LogP contribution in [0.3, 0.4) is 0 Å². The van der Waals surface area contributed by atoms with Gasteiger partial charge in [-0.05, 0) is 17.9 Å². The number of hydrogen-bond donors (Lipinski definition) is 2. The van der Waals surface area contributed by atoms with Gasteiger partial charge in [-0.2, -0.15) is 9.78 Å². The van der Waals surface area contributed by atoms with Gasteiger partial charge >= 0.3 is 0 Å². The minimum atomic E-state index is -0.787. The molecule has 0 unspecified atom stereocenters. The Morgan fingerprint density at radius 1 is 1.23 bits per heavy atom. The molecule has 4 rings (SSSR count). The molecule has 1 amide bonds. The SMILES string of the molecule is CCc1cc(=O)[nH]c(-n2nc(-c3cccs3)cc2NC(=O)c2cc(OC)c(OC)cc2[N+](=O)[O-])n1. The van der Waals surface area contributed by atoms with Crippen molar-refractivity contribution in [2.75, 3.05) is 19.5 Å². The zero-order chi connectivity index (χ0) is 25.1. The van der Waals surface area contributed by atoms with E-state index in [-0.39, 0.29) is 34.4 Å². The van der Waals surface area contributed by atoms with Gasteiger partial charge in [-0.25, -0.2) is 4.98 Å². The quantitative estimate of drug-likeness (QED) is 0.278. The van der Waals surface area contributed by atoms with Crippen molar-refractivity contribution in [2.24, 2.45) is 0 Å². The predicted octanol–water partition coefficient (Wildman–Crippen LogP) is 3.42. The van der Waals surface area contributed by atoms with Gasteiger partial charge in [0, 0.05) is 23.9 Å². The monoisotopic (exact) mass is 496 g/mol. The molecule has 0 aliphatic carbocycles. The van der Waals surface area contributed by atoms with Crippen LogP contribution in [-0.2, 0) is 6.42 Å². The summed E-state index contributed by atoms with van der Waals surface area (Å²) < 4.78 is 11.6. The smallest absolute Gasteiger partial charge is 0.286 e. The summed E-state index contributed by atoms with van der Waals surface area (Å²) in [5.41, 5.74) is -0.0507. The van der Waals surface area contributed by atoms with E-state index in [1.807, 2.05) is 24.4 Å². The van der Waals surface area contributed by atoms with Crippen molar-refractivity contribution in [3.63, 3.8) is 0 Å². The minimum absolute atomic E-state index is 0.0919. The summed E-state index contributed by atoms with van der Waals surface area (Å²) >= 11 is 1.43. The molecule has 0 fully saturated rings. The minimum Gasteiger partial charge on any atom is -0.493 e. The summed E-state index contributed by atoms with van der Waals surface area (Å²) in [5.74, 6) is -0.282. The first-order valence-electron chi connectivity index (χ1n) is 10.3. The van der Waals surface area contributed by atoms with Gasteiger partial charge in [0.1, 0.15) is 17.1 Å². The van der Waals surface area contributed by atoms with Crippen LogP contribution in [-0.4, -0.2) is 44.8 Å². The number of aromatic nitrogens is 4. The summed E-state index contributed by atoms with van der Waals surface area (Å²) in [6, 6.07) is 9.01. The molecule has 12 nitrogen and oxygen atoms in total. The highest BCUT2D eigenvalue weighted by molar-refractivity contribution is 7.13. The standard InChI is InChI=1S/C22H20N6O6S/c1-4-12-8-20(29)25-22(23-12)27-19(10-14(26-27)18-6-5-7-35-18)24-21(30)13-9-16(33-2)17(34-3)11-15(13)28(31)32/h5-11H,4H2,1-3H3,(H,24,30)(H,23,25,29). The van der Waals surface area contributed by atoms with E-state index in [9.17, 15) is 19.7 Å². The molecule has 35 heavy (non-hydrogen) atoms. The number of aryl methyl sites for hydroxylation is 1. The van der Waals surface area contributed by atoms with Crippen LogP contribution in [0.15, 0.2) is 46.6 Å². The first kappa shape index (κ1) is 23.6. The van der Waals surface area contributed by atoms with Crippen molar-refractivity contribution in [3.05, 3.63) is 73.5 Å². The van der Waals surface area contributed by atoms with Crippen LogP contribution in [0.2, 0.25) is 0 Å². The summed E-state index contributed by atoms with van der Waals surface area (Å²) in [6.07, 6.45) is 0.509. The second kappa shape index (κ2) is 9.77. The van der Waals surface area contributed by atoms with Gasteiger partial charge in [-0.1, -0.05) is 13.0 Å². The van der Waals surface area contributed by atoms with Crippen LogP contribution in [0.4, 0.5) is 11.5 Å². The number of hydrogen-bond acceptors (Lipinski definition) is 9. The molecule has 2 N–H and O–H groups in total. The van der Waals surface area contributed by atoms with E-state index < -0.39 is 16.5 Å². The van der Waals surface area contributed by atoms with Crippen LogP contribution >= 0.6 is 11.3 Å². The lowest BCUT2D eigenvalue weighted by molar-refractivity contribution is -0.385. The first-order chi connectivity index (χ1) is 16.8. The predicted molar refractivity (Wildman–Crippen MR) is 129 cm³/mol. The fourth-order valence-electron chi connectivity index (χ4n) is 3.34. The van der Waals surface area contributed by atoms with Crippen LogP contribution < -0.4 is 20.3 Å². The summed E-state index contributed by atoms with van der Waals surface area (Å²) in [6.45, 7) is 1.85. The number of rotatable bonds is 8. The van der Waals surface area contributed by atoms with Crippen molar-refractivity contribution in [3.8, 4) is 28.0 Å². The largest absolute Gasteiger partial charge is 0.493 e. The maximum absolute atomic E-state index is 13.2. The number of thiophene rings is 1. The molecule has 3 aromatic heterocycles. The molecule has 1 aromatic carbocycles. The van der Waals surface area contributed by atoms with Gasteiger partial charge in [0.05, 0.1) is 30.1 Å². The number of carbonyl (C=O) groups excluding carboxylic acids is 1. The Labute approximate surface area is 202 Å². The van der Waals surface area contributed by atoms with Crippen molar-refractivity contribution in [1.29, 1.82) is 0 Å². The maximum atomic E-state index is 13.2. The Bertz CT molecular complexity index is 1460. The fourth-order valence-corrected chi connectivity index (χ4v) is 4.02. The van der Waals surface area contributed by atoms with Gasteiger partial charge in [0.2, 0.25) is 5.95 Å². The van der Waals surface area contributed by atoms with Crippen molar-refractivity contribution in [2.45, 2.75) is 13.3 Å². The van der Waals surface area contributed by atoms with Gasteiger partial charge < -0.3 is 14.8 Å². The number of amides is 1. The highest BCUT2D eigenvalue weighted by Gasteiger charge is 2.26. The Morgan fingerprint density at radius 2 is 1.97 bits per heavy atom. The average Bonchev–Trinajstić information content (AvgIpc) is 3.52. The number of benzene rings is 1. The van der Waals surface area contributed by atoms with Gasteiger partial charge in [0.15, 0.2) is 11.5 Å². The topological polar surface area (TPSA) is 154 Å². The third-order valence-corrected chi connectivity index (χ3v) is 5.91. The third-order valence-electron chi connectivity index (χ3n) is 5.01. The number of nitrogens with zero attached hydrogens (tertiary/aromatic N) is 4. The number of ether oxygens (including phenoxy) is 2. The van der Waals surface area contributed by atoms with Crippen LogP contribution in [0.5, 0.6) is 11.5 Å². The molecular weight excluding hydrogens is 476 g/mol. The molecule has 0 atom stereocenters. The van der Waals surface area contributed by atoms with E-state index in [1.165, 1.54) is 42.4 Å². The highest BCUT2D eigenvalue weighted by atomic mass is 32.1. The number of anilines is 1. The first-order valence-corrected chi connectivity index (χ1v) is 11.2. The fraction of sp³-hybridized carbons (Fsp3) is 0.182. The zero-order valence-corrected chi connectivity index (χ0v) is 19.7. The van der Waals surface area contributed by atoms with Crippen molar-refractivity contribution >= 4 is 28.7 Å². The number of nitro benzene ring substituents is 1. The van der Waals surface area contributed by atoms with Crippen molar-refractivity contribution < 1.29 is 19.2 Å². The molecular formula is C22H20N6O6S. The molecule has 0 radical (unpaired) electrons. The Morgan fingerprint density at radius 3 is 2.60 bits per heavy atom. The average molecular weight is 497 g/mol. The highest BCUT2D eigenvalue weighted by Crippen LogP contribution is 2.35. The van der Waals surface area contributed by atoms with Crippen LogP contribution in [0, 0.1) is 10.1 Å². The molecule has 0 aliphatic rings. The summed E-state index contributed by atoms with van der Waals surface area (Å²) in [5, 5.41) is 20.7. The van der Waals surface area contributed by atoms with Crippen LogP contribution in [0.25, 0.3) is 16.5 Å². The lowest BCUT2D eigenvalue weighted by Crippen LogP contribution is -2.20. The number of nitrogens with one attached hydrogen (secondary N) is 2. The molecule has 0 saturated heterocycles. The molecule has 0 aliphatic heterocycles. The number of methoxy groups -OCH3 is 2. The van der Waals surface area contributed by atoms with E-state index in [1.54, 1.807) is 6.07 Å². The lowest BCUT2D eigenvalue weighted by Gasteiger charge is -2.11. The molecule has 4 aromatic rings. The lowest BCUT2D eigenvalue weighted by atomic mass is 10.1. The van der Waals surface area contributed by atoms with Gasteiger partial charge in [0.25, 0.3) is 17.2 Å². The number of nitro groups is 1. The number of H-pyrrole nitrogens is 1. The second-order valence-corrected chi connectivity index (χ2v) is 8.10. The molecule has 0 bridgehead atoms. The Hall–Kier alpha value is -4.52. The van der Waals surface area contributed by atoms with E-state index in [2.05, 4.69) is 20.4 Å². The normalized spacial score (nSPS) is 10.7. The Kier molecular flexibility index (Phi) is 6.59. The van der Waals surface area contributed by atoms with E-state index in [0.29, 0.717) is 17.8 Å². The molecule has 0 saturated carbocycles. The second-order valence-electron chi connectivity index (χ2n) is 7.15. The Balaban J connectivity index is 1.82.